The van der Waals surface area contributed by atoms with Crippen molar-refractivity contribution < 1.29 is 23.1 Å². The molecule has 2 aromatic rings. The summed E-state index contributed by atoms with van der Waals surface area (Å²) in [5, 5.41) is 12.3. The van der Waals surface area contributed by atoms with Crippen LogP contribution in [0.15, 0.2) is 24.5 Å². The molecule has 2 rings (SSSR count). The van der Waals surface area contributed by atoms with Crippen LogP contribution in [0.25, 0.3) is 5.82 Å². The van der Waals surface area contributed by atoms with Gasteiger partial charge in [-0.05, 0) is 12.1 Å². The standard InChI is InChI=1S/C10H7F3N4O2/c11-10(12,13)6-2-1-3-15-8(6)17-7(14)5(4-16-17)9(18)19/h1-4H,14H2,(H,18,19). The van der Waals surface area contributed by atoms with Crippen molar-refractivity contribution >= 4 is 11.8 Å². The van der Waals surface area contributed by atoms with E-state index in [1.165, 1.54) is 0 Å². The minimum atomic E-state index is -4.65. The van der Waals surface area contributed by atoms with Crippen LogP contribution in [-0.2, 0) is 6.18 Å². The summed E-state index contributed by atoms with van der Waals surface area (Å²) in [6.07, 6.45) is -2.65. The molecule has 0 aliphatic carbocycles. The van der Waals surface area contributed by atoms with E-state index in [9.17, 15) is 18.0 Å². The van der Waals surface area contributed by atoms with E-state index in [2.05, 4.69) is 10.1 Å². The van der Waals surface area contributed by atoms with Gasteiger partial charge in [-0.25, -0.2) is 9.78 Å². The summed E-state index contributed by atoms with van der Waals surface area (Å²) in [5.74, 6) is -2.37. The molecule has 2 heterocycles. The van der Waals surface area contributed by atoms with Gasteiger partial charge in [0.25, 0.3) is 0 Å². The van der Waals surface area contributed by atoms with Gasteiger partial charge in [0.1, 0.15) is 16.9 Å². The number of nitrogen functional groups attached to an aromatic ring is 1. The van der Waals surface area contributed by atoms with Crippen LogP contribution in [0.4, 0.5) is 19.0 Å². The van der Waals surface area contributed by atoms with Crippen molar-refractivity contribution in [2.24, 2.45) is 0 Å². The van der Waals surface area contributed by atoms with Crippen molar-refractivity contribution in [3.63, 3.8) is 0 Å². The molecule has 0 saturated carbocycles. The fourth-order valence-electron chi connectivity index (χ4n) is 1.48. The van der Waals surface area contributed by atoms with E-state index in [0.29, 0.717) is 4.68 Å². The second kappa shape index (κ2) is 4.26. The second-order valence-electron chi connectivity index (χ2n) is 3.53. The third-order valence-corrected chi connectivity index (χ3v) is 2.33. The Hall–Kier alpha value is -2.58. The molecule has 0 amide bonds. The summed E-state index contributed by atoms with van der Waals surface area (Å²) >= 11 is 0. The summed E-state index contributed by atoms with van der Waals surface area (Å²) in [7, 11) is 0. The van der Waals surface area contributed by atoms with Gasteiger partial charge in [-0.15, -0.1) is 0 Å². The molecular weight excluding hydrogens is 265 g/mol. The number of alkyl halides is 3. The third-order valence-electron chi connectivity index (χ3n) is 2.33. The van der Waals surface area contributed by atoms with Crippen LogP contribution >= 0.6 is 0 Å². The number of carboxylic acid groups (broad SMARTS) is 1. The summed E-state index contributed by atoms with van der Waals surface area (Å²) in [5.41, 5.74) is 4.02. The molecule has 100 valence electrons. The average molecular weight is 272 g/mol. The predicted molar refractivity (Wildman–Crippen MR) is 57.7 cm³/mol. The number of pyridine rings is 1. The molecule has 0 aliphatic heterocycles. The maximum absolute atomic E-state index is 12.8. The normalized spacial score (nSPS) is 11.5. The number of carbonyl (C=O) groups is 1. The lowest BCUT2D eigenvalue weighted by molar-refractivity contribution is -0.137. The van der Waals surface area contributed by atoms with Gasteiger partial charge < -0.3 is 10.8 Å². The topological polar surface area (TPSA) is 94.0 Å². The maximum atomic E-state index is 12.8. The molecule has 0 bridgehead atoms. The zero-order valence-corrected chi connectivity index (χ0v) is 9.22. The highest BCUT2D eigenvalue weighted by molar-refractivity contribution is 5.92. The molecular formula is C10H7F3N4O2. The maximum Gasteiger partial charge on any atom is 0.420 e. The first-order valence-electron chi connectivity index (χ1n) is 4.91. The average Bonchev–Trinajstić information content (AvgIpc) is 2.70. The smallest absolute Gasteiger partial charge is 0.420 e. The van der Waals surface area contributed by atoms with Gasteiger partial charge in [0.05, 0.1) is 6.20 Å². The molecule has 6 nitrogen and oxygen atoms in total. The van der Waals surface area contributed by atoms with Crippen molar-refractivity contribution in [3.05, 3.63) is 35.7 Å². The Morgan fingerprint density at radius 1 is 1.42 bits per heavy atom. The summed E-state index contributed by atoms with van der Waals surface area (Å²) in [6, 6.07) is 1.92. The Kier molecular flexibility index (Phi) is 2.89. The van der Waals surface area contributed by atoms with Gasteiger partial charge in [-0.2, -0.15) is 23.0 Å². The molecule has 0 spiro atoms. The van der Waals surface area contributed by atoms with Gasteiger partial charge in [0.2, 0.25) is 0 Å². The Morgan fingerprint density at radius 2 is 2.11 bits per heavy atom. The minimum absolute atomic E-state index is 0.390. The lowest BCUT2D eigenvalue weighted by atomic mass is 10.2. The first-order valence-corrected chi connectivity index (χ1v) is 4.91. The SMILES string of the molecule is Nc1c(C(=O)O)cnn1-c1ncccc1C(F)(F)F. The highest BCUT2D eigenvalue weighted by atomic mass is 19.4. The Labute approximate surface area is 104 Å². The van der Waals surface area contributed by atoms with E-state index in [1.807, 2.05) is 0 Å². The number of hydrogen-bond acceptors (Lipinski definition) is 4. The zero-order chi connectivity index (χ0) is 14.2. The van der Waals surface area contributed by atoms with Crippen LogP contribution in [0.3, 0.4) is 0 Å². The van der Waals surface area contributed by atoms with E-state index >= 15 is 0 Å². The number of halogens is 3. The van der Waals surface area contributed by atoms with E-state index < -0.39 is 34.9 Å². The van der Waals surface area contributed by atoms with E-state index in [4.69, 9.17) is 10.8 Å². The summed E-state index contributed by atoms with van der Waals surface area (Å²) in [6.45, 7) is 0. The number of anilines is 1. The summed E-state index contributed by atoms with van der Waals surface area (Å²) < 4.78 is 39.0. The van der Waals surface area contributed by atoms with E-state index in [0.717, 1.165) is 24.5 Å². The van der Waals surface area contributed by atoms with Crippen LogP contribution in [0, 0.1) is 0 Å². The Bertz CT molecular complexity index is 636. The molecule has 0 aliphatic rings. The highest BCUT2D eigenvalue weighted by Crippen LogP contribution is 2.33. The molecule has 9 heteroatoms. The van der Waals surface area contributed by atoms with Gasteiger partial charge in [-0.3, -0.25) is 0 Å². The monoisotopic (exact) mass is 272 g/mol. The van der Waals surface area contributed by atoms with Crippen molar-refractivity contribution in [2.45, 2.75) is 6.18 Å². The number of hydrogen-bond donors (Lipinski definition) is 2. The molecule has 0 aromatic carbocycles. The Balaban J connectivity index is 2.64. The molecule has 19 heavy (non-hydrogen) atoms. The lowest BCUT2D eigenvalue weighted by Crippen LogP contribution is -2.15. The zero-order valence-electron chi connectivity index (χ0n) is 9.22. The molecule has 0 saturated heterocycles. The fraction of sp³-hybridized carbons (Fsp3) is 0.100. The minimum Gasteiger partial charge on any atom is -0.477 e. The third kappa shape index (κ3) is 2.21. The number of nitrogens with two attached hydrogens (primary N) is 1. The second-order valence-corrected chi connectivity index (χ2v) is 3.53. The largest absolute Gasteiger partial charge is 0.477 e. The predicted octanol–water partition coefficient (Wildman–Crippen LogP) is 1.57. The van der Waals surface area contributed by atoms with Crippen molar-refractivity contribution in [1.29, 1.82) is 0 Å². The fourth-order valence-corrected chi connectivity index (χ4v) is 1.48. The summed E-state index contributed by atoms with van der Waals surface area (Å²) in [4.78, 5) is 14.3. The number of aromatic carboxylic acids is 1. The molecule has 0 radical (unpaired) electrons. The molecule has 0 fully saturated rings. The van der Waals surface area contributed by atoms with Gasteiger partial charge in [0, 0.05) is 6.20 Å². The van der Waals surface area contributed by atoms with Crippen molar-refractivity contribution in [1.82, 2.24) is 14.8 Å². The number of carboxylic acids is 1. The Morgan fingerprint density at radius 3 is 2.63 bits per heavy atom. The van der Waals surface area contributed by atoms with E-state index in [-0.39, 0.29) is 0 Å². The molecule has 0 unspecified atom stereocenters. The number of aromatic nitrogens is 3. The molecule has 3 N–H and O–H groups in total. The van der Waals surface area contributed by atoms with Gasteiger partial charge in [0.15, 0.2) is 5.82 Å². The molecule has 0 atom stereocenters. The van der Waals surface area contributed by atoms with Gasteiger partial charge in [-0.1, -0.05) is 0 Å². The number of nitrogens with zero attached hydrogens (tertiary/aromatic N) is 3. The van der Waals surface area contributed by atoms with Crippen LogP contribution in [0.2, 0.25) is 0 Å². The van der Waals surface area contributed by atoms with Crippen LogP contribution in [-0.4, -0.2) is 25.8 Å². The van der Waals surface area contributed by atoms with Crippen molar-refractivity contribution in [3.8, 4) is 5.82 Å². The van der Waals surface area contributed by atoms with Crippen LogP contribution in [0.5, 0.6) is 0 Å². The first-order chi connectivity index (χ1) is 8.82. The van der Waals surface area contributed by atoms with Gasteiger partial charge >= 0.3 is 12.1 Å². The van der Waals surface area contributed by atoms with Crippen LogP contribution < -0.4 is 5.73 Å². The quantitative estimate of drug-likeness (QED) is 0.865. The van der Waals surface area contributed by atoms with Crippen LogP contribution in [0.1, 0.15) is 15.9 Å². The lowest BCUT2D eigenvalue weighted by Gasteiger charge is -2.12. The number of rotatable bonds is 2. The highest BCUT2D eigenvalue weighted by Gasteiger charge is 2.35. The molecule has 2 aromatic heterocycles. The first kappa shape index (κ1) is 12.9. The van der Waals surface area contributed by atoms with Crippen molar-refractivity contribution in [2.75, 3.05) is 5.73 Å². The van der Waals surface area contributed by atoms with E-state index in [1.54, 1.807) is 0 Å².